The van der Waals surface area contributed by atoms with Crippen LogP contribution >= 0.6 is 23.2 Å². The molecule has 1 atom stereocenters. The molecule has 1 aromatic carbocycles. The smallest absolute Gasteiger partial charge is 0.327 e. The number of benzene rings is 1. The lowest BCUT2D eigenvalue weighted by Gasteiger charge is -2.11. The Kier molecular flexibility index (Phi) is 4.49. The fraction of sp³-hybridized carbons (Fsp3) is 0.462. The average Bonchev–Trinajstić information content (AvgIpc) is 2.68. The zero-order valence-electron chi connectivity index (χ0n) is 10.7. The lowest BCUT2D eigenvalue weighted by molar-refractivity contribution is -0.135. The Bertz CT molecular complexity index is 605. The van der Waals surface area contributed by atoms with Crippen molar-refractivity contribution in [3.63, 3.8) is 0 Å². The lowest BCUT2D eigenvalue weighted by Crippen LogP contribution is -2.11. The zero-order chi connectivity index (χ0) is 14.9. The van der Waals surface area contributed by atoms with Gasteiger partial charge >= 0.3 is 6.18 Å². The Morgan fingerprint density at radius 3 is 2.65 bits per heavy atom. The van der Waals surface area contributed by atoms with Gasteiger partial charge in [-0.2, -0.15) is 13.2 Å². The van der Waals surface area contributed by atoms with Gasteiger partial charge in [0.1, 0.15) is 11.3 Å². The van der Waals surface area contributed by atoms with Crippen molar-refractivity contribution in [2.45, 2.75) is 37.9 Å². The van der Waals surface area contributed by atoms with Crippen LogP contribution < -0.4 is 0 Å². The highest BCUT2D eigenvalue weighted by Crippen LogP contribution is 2.30. The van der Waals surface area contributed by atoms with E-state index in [9.17, 15) is 13.2 Å². The second-order valence-corrected chi connectivity index (χ2v) is 5.63. The summed E-state index contributed by atoms with van der Waals surface area (Å²) in [5.41, 5.74) is 1.28. The summed E-state index contributed by atoms with van der Waals surface area (Å²) in [6, 6.07) is 5.22. The zero-order valence-corrected chi connectivity index (χ0v) is 12.2. The summed E-state index contributed by atoms with van der Waals surface area (Å²) in [6.45, 7) is 1.94. The van der Waals surface area contributed by atoms with E-state index in [1.807, 2.05) is 0 Å². The van der Waals surface area contributed by atoms with Crippen LogP contribution in [0.5, 0.6) is 0 Å². The molecule has 1 aromatic heterocycles. The fourth-order valence-electron chi connectivity index (χ4n) is 2.11. The van der Waals surface area contributed by atoms with E-state index < -0.39 is 18.0 Å². The molecule has 0 aliphatic carbocycles. The van der Waals surface area contributed by atoms with Crippen molar-refractivity contribution < 1.29 is 13.2 Å². The molecular formula is C13H13Cl2F3N2. The second kappa shape index (κ2) is 5.82. The molecular weight excluding hydrogens is 312 g/mol. The normalized spacial score (nSPS) is 13.9. The topological polar surface area (TPSA) is 17.8 Å². The Hall–Kier alpha value is -0.940. The van der Waals surface area contributed by atoms with Crippen LogP contribution in [0.2, 0.25) is 5.02 Å². The molecule has 1 unspecified atom stereocenters. The van der Waals surface area contributed by atoms with E-state index in [2.05, 4.69) is 4.98 Å². The molecule has 0 spiro atoms. The highest BCUT2D eigenvalue weighted by atomic mass is 35.5. The van der Waals surface area contributed by atoms with Crippen molar-refractivity contribution in [3.05, 3.63) is 29.0 Å². The summed E-state index contributed by atoms with van der Waals surface area (Å²) in [4.78, 5) is 4.34. The number of fused-ring (bicyclic) bond motifs is 1. The van der Waals surface area contributed by atoms with E-state index >= 15 is 0 Å². The molecule has 0 radical (unpaired) electrons. The van der Waals surface area contributed by atoms with Gasteiger partial charge < -0.3 is 4.57 Å². The quantitative estimate of drug-likeness (QED) is 0.695. The summed E-state index contributed by atoms with van der Waals surface area (Å²) in [5, 5.41) is 0.0694. The van der Waals surface area contributed by atoms with Crippen LogP contribution in [0, 0.1) is 0 Å². The van der Waals surface area contributed by atoms with Gasteiger partial charge in [0.25, 0.3) is 0 Å². The highest BCUT2D eigenvalue weighted by molar-refractivity contribution is 6.35. The van der Waals surface area contributed by atoms with Crippen LogP contribution in [0.3, 0.4) is 0 Å². The third kappa shape index (κ3) is 3.38. The number of para-hydroxylation sites is 1. The third-order valence-corrected chi connectivity index (χ3v) is 3.46. The first-order valence-corrected chi connectivity index (χ1v) is 6.96. The second-order valence-electron chi connectivity index (χ2n) is 4.56. The van der Waals surface area contributed by atoms with Gasteiger partial charge in [-0.25, -0.2) is 4.98 Å². The van der Waals surface area contributed by atoms with Gasteiger partial charge in [-0.15, -0.1) is 11.6 Å². The number of halogens is 5. The van der Waals surface area contributed by atoms with E-state index in [0.717, 1.165) is 0 Å². The number of aryl methyl sites for hydroxylation is 1. The lowest BCUT2D eigenvalue weighted by atomic mass is 10.2. The first kappa shape index (κ1) is 15.4. The Balaban J connectivity index is 2.34. The van der Waals surface area contributed by atoms with Crippen molar-refractivity contribution in [1.82, 2.24) is 9.55 Å². The van der Waals surface area contributed by atoms with Crippen molar-refractivity contribution in [2.24, 2.45) is 0 Å². The minimum absolute atomic E-state index is 0.0158. The Morgan fingerprint density at radius 2 is 2.05 bits per heavy atom. The maximum Gasteiger partial charge on any atom is 0.389 e. The molecule has 0 aliphatic rings. The van der Waals surface area contributed by atoms with E-state index in [0.29, 0.717) is 21.9 Å². The van der Waals surface area contributed by atoms with Gasteiger partial charge in [0.15, 0.2) is 0 Å². The number of imidazole rings is 1. The van der Waals surface area contributed by atoms with Gasteiger partial charge in [-0.3, -0.25) is 0 Å². The molecule has 110 valence electrons. The number of aromatic nitrogens is 2. The predicted octanol–water partition coefficient (Wildman–Crippen LogP) is 5.33. The highest BCUT2D eigenvalue weighted by Gasteiger charge is 2.26. The molecule has 2 rings (SSSR count). The van der Waals surface area contributed by atoms with E-state index in [1.165, 1.54) is 0 Å². The van der Waals surface area contributed by atoms with Gasteiger partial charge in [0.2, 0.25) is 0 Å². The maximum atomic E-state index is 12.2. The van der Waals surface area contributed by atoms with Crippen molar-refractivity contribution in [1.29, 1.82) is 0 Å². The molecule has 0 bridgehead atoms. The Labute approximate surface area is 124 Å². The minimum atomic E-state index is -4.15. The number of rotatable bonds is 4. The molecule has 0 amide bonds. The first-order chi connectivity index (χ1) is 9.29. The van der Waals surface area contributed by atoms with Crippen molar-refractivity contribution in [3.8, 4) is 0 Å². The average molecular weight is 325 g/mol. The standard InChI is InChI=1S/C13H13Cl2F3N2/c1-8(14)12-19-11-9(15)4-2-5-10(11)20(12)7-3-6-13(16,17)18/h2,4-5,8H,3,6-7H2,1H3. The number of hydrogen-bond donors (Lipinski definition) is 0. The van der Waals surface area contributed by atoms with Crippen LogP contribution in [0.25, 0.3) is 11.0 Å². The first-order valence-electron chi connectivity index (χ1n) is 6.15. The molecule has 0 aliphatic heterocycles. The molecule has 20 heavy (non-hydrogen) atoms. The van der Waals surface area contributed by atoms with Gasteiger partial charge in [-0.05, 0) is 25.5 Å². The van der Waals surface area contributed by atoms with Crippen LogP contribution in [0.15, 0.2) is 18.2 Å². The van der Waals surface area contributed by atoms with Crippen LogP contribution in [0.1, 0.15) is 31.0 Å². The SMILES string of the molecule is CC(Cl)c1nc2c(Cl)cccc2n1CCCC(F)(F)F. The number of alkyl halides is 4. The fourth-order valence-corrected chi connectivity index (χ4v) is 2.49. The number of hydrogen-bond acceptors (Lipinski definition) is 1. The summed E-state index contributed by atoms with van der Waals surface area (Å²) < 4.78 is 38.5. The van der Waals surface area contributed by atoms with E-state index in [4.69, 9.17) is 23.2 Å². The van der Waals surface area contributed by atoms with E-state index in [1.54, 1.807) is 29.7 Å². The Morgan fingerprint density at radius 1 is 1.35 bits per heavy atom. The third-order valence-electron chi connectivity index (χ3n) is 2.96. The summed E-state index contributed by atoms with van der Waals surface area (Å²) >= 11 is 12.1. The molecule has 2 aromatic rings. The van der Waals surface area contributed by atoms with Crippen molar-refractivity contribution >= 4 is 34.2 Å². The monoisotopic (exact) mass is 324 g/mol. The minimum Gasteiger partial charge on any atom is -0.327 e. The van der Waals surface area contributed by atoms with Crippen LogP contribution in [0.4, 0.5) is 13.2 Å². The van der Waals surface area contributed by atoms with Crippen LogP contribution in [-0.2, 0) is 6.54 Å². The summed E-state index contributed by atoms with van der Waals surface area (Å²) in [6.07, 6.45) is -5.00. The predicted molar refractivity (Wildman–Crippen MR) is 74.3 cm³/mol. The molecule has 7 heteroatoms. The molecule has 2 nitrogen and oxygen atoms in total. The van der Waals surface area contributed by atoms with Gasteiger partial charge in [0, 0.05) is 13.0 Å². The molecule has 0 saturated heterocycles. The summed E-state index contributed by atoms with van der Waals surface area (Å²) in [5.74, 6) is 0.539. The molecule has 0 N–H and O–H groups in total. The van der Waals surface area contributed by atoms with Gasteiger partial charge in [0.05, 0.1) is 15.9 Å². The number of nitrogens with zero attached hydrogens (tertiary/aromatic N) is 2. The van der Waals surface area contributed by atoms with Gasteiger partial charge in [-0.1, -0.05) is 17.7 Å². The molecule has 1 heterocycles. The molecule has 0 saturated carbocycles. The summed E-state index contributed by atoms with van der Waals surface area (Å²) in [7, 11) is 0. The largest absolute Gasteiger partial charge is 0.389 e. The van der Waals surface area contributed by atoms with Crippen molar-refractivity contribution in [2.75, 3.05) is 0 Å². The van der Waals surface area contributed by atoms with Crippen LogP contribution in [-0.4, -0.2) is 15.7 Å². The van der Waals surface area contributed by atoms with E-state index in [-0.39, 0.29) is 13.0 Å². The maximum absolute atomic E-state index is 12.2. The molecule has 0 fully saturated rings.